The van der Waals surface area contributed by atoms with Gasteiger partial charge in [0.15, 0.2) is 29.0 Å². The van der Waals surface area contributed by atoms with Crippen molar-refractivity contribution in [3.05, 3.63) is 46.5 Å². The van der Waals surface area contributed by atoms with Gasteiger partial charge in [-0.05, 0) is 11.4 Å². The highest BCUT2D eigenvalue weighted by molar-refractivity contribution is 7.13. The first-order chi connectivity index (χ1) is 10.1. The zero-order valence-electron chi connectivity index (χ0n) is 9.99. The molecule has 0 saturated heterocycles. The number of aromatic nitrogens is 2. The van der Waals surface area contributed by atoms with Gasteiger partial charge in [-0.2, -0.15) is 5.26 Å². The quantitative estimate of drug-likeness (QED) is 0.390. The van der Waals surface area contributed by atoms with Crippen LogP contribution in [0.5, 0.6) is 0 Å². The molecule has 0 N–H and O–H groups in total. The number of hydrogen-bond acceptors (Lipinski definition) is 4. The van der Waals surface area contributed by atoms with Crippen LogP contribution in [0.1, 0.15) is 5.69 Å². The fourth-order valence-corrected chi connectivity index (χ4v) is 2.66. The van der Waals surface area contributed by atoms with Crippen molar-refractivity contribution in [2.24, 2.45) is 0 Å². The van der Waals surface area contributed by atoms with Crippen molar-refractivity contribution in [1.82, 2.24) is 10.2 Å². The maximum absolute atomic E-state index is 14.1. The molecule has 3 rings (SSSR count). The van der Waals surface area contributed by atoms with Gasteiger partial charge in [-0.15, -0.1) is 21.5 Å². The molecule has 0 radical (unpaired) electrons. The molecule has 1 aromatic carbocycles. The smallest absolute Gasteiger partial charge is 0.198 e. The largest absolute Gasteiger partial charge is 0.203 e. The van der Waals surface area contributed by atoms with E-state index in [0.29, 0.717) is 4.88 Å². The summed E-state index contributed by atoms with van der Waals surface area (Å²) in [4.78, 5) is 0.390. The second-order valence-electron chi connectivity index (χ2n) is 3.99. The summed E-state index contributed by atoms with van der Waals surface area (Å²) < 4.78 is 54.8. The lowest BCUT2D eigenvalue weighted by Gasteiger charge is -2.08. The monoisotopic (exact) mass is 309 g/mol. The molecule has 0 bridgehead atoms. The average molecular weight is 309 g/mol. The number of benzene rings is 1. The lowest BCUT2D eigenvalue weighted by atomic mass is 10.1. The minimum absolute atomic E-state index is 0.144. The van der Waals surface area contributed by atoms with E-state index in [0.717, 1.165) is 11.3 Å². The van der Waals surface area contributed by atoms with Crippen LogP contribution in [-0.4, -0.2) is 10.2 Å². The molecule has 2 heterocycles. The fourth-order valence-electron chi connectivity index (χ4n) is 1.94. The molecular weight excluding hydrogens is 306 g/mol. The standard InChI is InChI=1S/C13H3F4N3S/c14-9-7-5(4-18)19-20-13(6-2-1-3-21-6)8(7)10(15)12(17)11(9)16/h1-3H. The van der Waals surface area contributed by atoms with E-state index in [2.05, 4.69) is 10.2 Å². The van der Waals surface area contributed by atoms with Gasteiger partial charge in [-0.1, -0.05) is 6.07 Å². The summed E-state index contributed by atoms with van der Waals surface area (Å²) >= 11 is 1.14. The van der Waals surface area contributed by atoms with Crippen molar-refractivity contribution in [1.29, 1.82) is 5.26 Å². The predicted molar refractivity (Wildman–Crippen MR) is 67.4 cm³/mol. The van der Waals surface area contributed by atoms with Gasteiger partial charge in [-0.3, -0.25) is 0 Å². The number of fused-ring (bicyclic) bond motifs is 1. The number of hydrogen-bond donors (Lipinski definition) is 0. The first-order valence-electron chi connectivity index (χ1n) is 5.52. The van der Waals surface area contributed by atoms with Gasteiger partial charge < -0.3 is 0 Å². The van der Waals surface area contributed by atoms with Gasteiger partial charge in [0.1, 0.15) is 11.8 Å². The Morgan fingerprint density at radius 3 is 2.19 bits per heavy atom. The minimum Gasteiger partial charge on any atom is -0.203 e. The molecule has 0 atom stereocenters. The Balaban J connectivity index is 2.58. The van der Waals surface area contributed by atoms with E-state index in [1.165, 1.54) is 6.07 Å². The third kappa shape index (κ3) is 1.86. The molecule has 0 aliphatic carbocycles. The third-order valence-electron chi connectivity index (χ3n) is 2.85. The first-order valence-corrected chi connectivity index (χ1v) is 6.40. The maximum Gasteiger partial charge on any atom is 0.198 e. The molecule has 8 heteroatoms. The zero-order chi connectivity index (χ0) is 15.1. The third-order valence-corrected chi connectivity index (χ3v) is 3.73. The molecule has 0 aliphatic rings. The van der Waals surface area contributed by atoms with Crippen molar-refractivity contribution >= 4 is 22.1 Å². The van der Waals surface area contributed by atoms with E-state index in [9.17, 15) is 17.6 Å². The van der Waals surface area contributed by atoms with Gasteiger partial charge in [0, 0.05) is 0 Å². The summed E-state index contributed by atoms with van der Waals surface area (Å²) in [5.74, 6) is -7.19. The predicted octanol–water partition coefficient (Wildman–Crippen LogP) is 3.79. The van der Waals surface area contributed by atoms with E-state index < -0.39 is 39.7 Å². The van der Waals surface area contributed by atoms with Gasteiger partial charge in [0.25, 0.3) is 0 Å². The fraction of sp³-hybridized carbons (Fsp3) is 0. The molecule has 3 aromatic rings. The molecule has 104 valence electrons. The minimum atomic E-state index is -1.98. The SMILES string of the molecule is N#Cc1nnc(-c2cccs2)c2c(F)c(F)c(F)c(F)c12. The molecule has 3 nitrogen and oxygen atoms in total. The lowest BCUT2D eigenvalue weighted by molar-refractivity contribution is 0.417. The maximum atomic E-state index is 14.1. The second-order valence-corrected chi connectivity index (χ2v) is 4.94. The van der Waals surface area contributed by atoms with Crippen molar-refractivity contribution < 1.29 is 17.6 Å². The molecular formula is C13H3F4N3S. The normalized spacial score (nSPS) is 10.8. The Bertz CT molecular complexity index is 900. The summed E-state index contributed by atoms with van der Waals surface area (Å²) in [5.41, 5.74) is -0.755. The number of thiophene rings is 1. The van der Waals surface area contributed by atoms with Crippen LogP contribution in [0.2, 0.25) is 0 Å². The molecule has 0 spiro atoms. The highest BCUT2D eigenvalue weighted by Crippen LogP contribution is 2.35. The van der Waals surface area contributed by atoms with Gasteiger partial charge in [0.05, 0.1) is 15.6 Å². The summed E-state index contributed by atoms with van der Waals surface area (Å²) in [6.45, 7) is 0. The average Bonchev–Trinajstić information content (AvgIpc) is 3.03. The summed E-state index contributed by atoms with van der Waals surface area (Å²) in [7, 11) is 0. The number of nitriles is 1. The van der Waals surface area contributed by atoms with Crippen LogP contribution in [0.4, 0.5) is 17.6 Å². The van der Waals surface area contributed by atoms with E-state index in [1.54, 1.807) is 17.5 Å². The Kier molecular flexibility index (Phi) is 3.07. The number of nitrogens with zero attached hydrogens (tertiary/aromatic N) is 3. The molecule has 0 saturated carbocycles. The van der Waals surface area contributed by atoms with Crippen LogP contribution >= 0.6 is 11.3 Å². The molecule has 21 heavy (non-hydrogen) atoms. The highest BCUT2D eigenvalue weighted by atomic mass is 32.1. The molecule has 0 unspecified atom stereocenters. The highest BCUT2D eigenvalue weighted by Gasteiger charge is 2.26. The van der Waals surface area contributed by atoms with Crippen LogP contribution in [-0.2, 0) is 0 Å². The molecule has 0 amide bonds. The summed E-state index contributed by atoms with van der Waals surface area (Å²) in [6.07, 6.45) is 0. The van der Waals surface area contributed by atoms with E-state index in [1.807, 2.05) is 0 Å². The number of halogens is 4. The topological polar surface area (TPSA) is 49.6 Å². The van der Waals surface area contributed by atoms with Crippen LogP contribution < -0.4 is 0 Å². The van der Waals surface area contributed by atoms with Crippen LogP contribution in [0.25, 0.3) is 21.3 Å². The molecule has 0 fully saturated rings. The Hall–Kier alpha value is -2.53. The Morgan fingerprint density at radius 2 is 1.62 bits per heavy atom. The first kappa shape index (κ1) is 13.5. The second kappa shape index (κ2) is 4.79. The van der Waals surface area contributed by atoms with Crippen molar-refractivity contribution in [2.75, 3.05) is 0 Å². The zero-order valence-corrected chi connectivity index (χ0v) is 10.8. The number of rotatable bonds is 1. The van der Waals surface area contributed by atoms with E-state index >= 15 is 0 Å². The van der Waals surface area contributed by atoms with E-state index in [-0.39, 0.29) is 5.69 Å². The summed E-state index contributed by atoms with van der Waals surface area (Å²) in [5, 5.41) is 16.3. The van der Waals surface area contributed by atoms with Crippen molar-refractivity contribution in [3.8, 4) is 16.6 Å². The van der Waals surface area contributed by atoms with Gasteiger partial charge in [0.2, 0.25) is 0 Å². The van der Waals surface area contributed by atoms with E-state index in [4.69, 9.17) is 5.26 Å². The van der Waals surface area contributed by atoms with Gasteiger partial charge in [-0.25, -0.2) is 17.6 Å². The van der Waals surface area contributed by atoms with Crippen LogP contribution in [0.15, 0.2) is 17.5 Å². The molecule has 2 aromatic heterocycles. The van der Waals surface area contributed by atoms with Gasteiger partial charge >= 0.3 is 0 Å². The van der Waals surface area contributed by atoms with Crippen molar-refractivity contribution in [2.45, 2.75) is 0 Å². The lowest BCUT2D eigenvalue weighted by Crippen LogP contribution is -2.04. The summed E-state index contributed by atoms with van der Waals surface area (Å²) in [6, 6.07) is 4.66. The van der Waals surface area contributed by atoms with Crippen molar-refractivity contribution in [3.63, 3.8) is 0 Å². The Morgan fingerprint density at radius 1 is 0.952 bits per heavy atom. The van der Waals surface area contributed by atoms with Crippen LogP contribution in [0, 0.1) is 34.6 Å². The molecule has 0 aliphatic heterocycles. The Labute approximate surface area is 119 Å². The van der Waals surface area contributed by atoms with Crippen LogP contribution in [0.3, 0.4) is 0 Å².